The normalized spacial score (nSPS) is 17.0. The number of aromatic nitrogens is 4. The van der Waals surface area contributed by atoms with Gasteiger partial charge in [-0.2, -0.15) is 21.6 Å². The second-order valence-electron chi connectivity index (χ2n) is 7.89. The summed E-state index contributed by atoms with van der Waals surface area (Å²) in [5.41, 5.74) is -5.54. The zero-order valence-corrected chi connectivity index (χ0v) is 19.3. The lowest BCUT2D eigenvalue weighted by Gasteiger charge is -2.26. The summed E-state index contributed by atoms with van der Waals surface area (Å²) >= 11 is 0. The minimum atomic E-state index is -5.75. The Labute approximate surface area is 202 Å². The number of anilines is 1. The van der Waals surface area contributed by atoms with Crippen molar-refractivity contribution in [1.29, 1.82) is 0 Å². The van der Waals surface area contributed by atoms with Crippen molar-refractivity contribution in [3.05, 3.63) is 47.8 Å². The first kappa shape index (κ1) is 25.2. The van der Waals surface area contributed by atoms with E-state index in [4.69, 9.17) is 5.11 Å². The molecule has 0 bridgehead atoms. The molecule has 0 saturated carbocycles. The number of nitrogens with one attached hydrogen (secondary N) is 1. The van der Waals surface area contributed by atoms with Gasteiger partial charge < -0.3 is 15.3 Å². The molecule has 0 aliphatic carbocycles. The first-order valence-electron chi connectivity index (χ1n) is 10.5. The van der Waals surface area contributed by atoms with Crippen molar-refractivity contribution in [2.45, 2.75) is 37.4 Å². The maximum atomic E-state index is 14.1. The van der Waals surface area contributed by atoms with Gasteiger partial charge in [0.1, 0.15) is 29.2 Å². The number of alkyl halides is 3. The van der Waals surface area contributed by atoms with Crippen LogP contribution in [0.3, 0.4) is 0 Å². The number of fused-ring (bicyclic) bond motifs is 1. The van der Waals surface area contributed by atoms with Gasteiger partial charge in [0.05, 0.1) is 18.3 Å². The molecule has 4 rings (SSSR count). The Hall–Kier alpha value is -3.93. The Kier molecular flexibility index (Phi) is 6.48. The second-order valence-corrected chi connectivity index (χ2v) is 9.69. The first-order valence-corrected chi connectivity index (χ1v) is 11.9. The minimum Gasteiger partial charge on any atom is -0.465 e. The zero-order valence-electron chi connectivity index (χ0n) is 18.5. The lowest BCUT2D eigenvalue weighted by Crippen LogP contribution is -2.30. The van der Waals surface area contributed by atoms with Crippen LogP contribution in [0.4, 0.5) is 28.2 Å². The van der Waals surface area contributed by atoms with Crippen LogP contribution >= 0.6 is 0 Å². The quantitative estimate of drug-likeness (QED) is 0.392. The Balaban J connectivity index is 1.75. The zero-order chi connectivity index (χ0) is 26.3. The summed E-state index contributed by atoms with van der Waals surface area (Å²) < 4.78 is 77.4. The van der Waals surface area contributed by atoms with Crippen molar-refractivity contribution in [2.24, 2.45) is 0 Å². The third kappa shape index (κ3) is 4.76. The van der Waals surface area contributed by atoms with E-state index < -0.39 is 45.2 Å². The molecular formula is C21H18F4N6O4S. The molecule has 0 aromatic carbocycles. The van der Waals surface area contributed by atoms with Crippen LogP contribution in [-0.4, -0.2) is 56.6 Å². The van der Waals surface area contributed by atoms with Crippen molar-refractivity contribution >= 4 is 33.1 Å². The lowest BCUT2D eigenvalue weighted by atomic mass is 10.0. The molecule has 15 heteroatoms. The van der Waals surface area contributed by atoms with Crippen LogP contribution < -0.4 is 10.2 Å². The summed E-state index contributed by atoms with van der Waals surface area (Å²) in [4.78, 5) is 24.4. The molecule has 0 radical (unpaired) electrons. The van der Waals surface area contributed by atoms with Gasteiger partial charge in [0.25, 0.3) is 0 Å². The van der Waals surface area contributed by atoms with Gasteiger partial charge in [-0.05, 0) is 43.9 Å². The molecule has 190 valence electrons. The molecule has 1 amide bonds. The highest BCUT2D eigenvalue weighted by atomic mass is 32.2. The van der Waals surface area contributed by atoms with E-state index in [1.165, 1.54) is 25.1 Å². The SMILES string of the molecule is CC(C#Cc1ncc(F)cc1C1CCCN1c1ccc2ncn(S(=O)(=O)C(F)(F)F)c2n1)NC(=O)O. The number of halogens is 4. The topological polar surface area (TPSA) is 130 Å². The molecular weight excluding hydrogens is 508 g/mol. The Morgan fingerprint density at radius 1 is 1.31 bits per heavy atom. The summed E-state index contributed by atoms with van der Waals surface area (Å²) in [5, 5.41) is 11.0. The number of pyridine rings is 2. The molecule has 3 aromatic rings. The van der Waals surface area contributed by atoms with Gasteiger partial charge in [-0.15, -0.1) is 0 Å². The maximum Gasteiger partial charge on any atom is 0.517 e. The van der Waals surface area contributed by atoms with E-state index in [1.807, 2.05) is 0 Å². The van der Waals surface area contributed by atoms with Crippen LogP contribution in [0.5, 0.6) is 0 Å². The van der Waals surface area contributed by atoms with Gasteiger partial charge in [0.15, 0.2) is 5.65 Å². The average molecular weight is 526 g/mol. The lowest BCUT2D eigenvalue weighted by molar-refractivity contribution is -0.0445. The van der Waals surface area contributed by atoms with Gasteiger partial charge in [0.2, 0.25) is 0 Å². The standard InChI is InChI=1S/C21H18F4N6O4S/c1-12(28-20(32)33)4-5-15-14(9-13(22)10-26-15)17-3-2-8-30(17)18-7-6-16-19(29-18)31(11-27-16)36(34,35)21(23,24)25/h6-7,9-12,17,28H,2-3,8H2,1H3,(H,32,33). The number of amides is 1. The molecule has 0 spiro atoms. The van der Waals surface area contributed by atoms with Gasteiger partial charge >= 0.3 is 21.6 Å². The molecule has 2 atom stereocenters. The number of carboxylic acid groups (broad SMARTS) is 1. The largest absolute Gasteiger partial charge is 0.517 e. The molecule has 4 heterocycles. The van der Waals surface area contributed by atoms with Gasteiger partial charge in [0, 0.05) is 12.1 Å². The molecule has 1 saturated heterocycles. The van der Waals surface area contributed by atoms with Gasteiger partial charge in [-0.3, -0.25) is 0 Å². The third-order valence-electron chi connectivity index (χ3n) is 5.44. The Morgan fingerprint density at radius 2 is 2.06 bits per heavy atom. The van der Waals surface area contributed by atoms with Gasteiger partial charge in [-0.1, -0.05) is 5.92 Å². The minimum absolute atomic E-state index is 0.0194. The maximum absolute atomic E-state index is 14.1. The first-order chi connectivity index (χ1) is 16.9. The molecule has 36 heavy (non-hydrogen) atoms. The van der Waals surface area contributed by atoms with E-state index in [1.54, 1.807) is 4.90 Å². The monoisotopic (exact) mass is 526 g/mol. The average Bonchev–Trinajstić information content (AvgIpc) is 3.44. The molecule has 3 aromatic heterocycles. The molecule has 2 unspecified atom stereocenters. The van der Waals surface area contributed by atoms with Gasteiger partial charge in [-0.25, -0.2) is 28.1 Å². The van der Waals surface area contributed by atoms with E-state index in [0.717, 1.165) is 6.20 Å². The fraction of sp³-hybridized carbons (Fsp3) is 0.333. The number of hydrogen-bond donors (Lipinski definition) is 2. The van der Waals surface area contributed by atoms with Crippen molar-refractivity contribution in [2.75, 3.05) is 11.4 Å². The molecule has 10 nitrogen and oxygen atoms in total. The highest BCUT2D eigenvalue weighted by Crippen LogP contribution is 2.37. The summed E-state index contributed by atoms with van der Waals surface area (Å²) in [6, 6.07) is 2.79. The summed E-state index contributed by atoms with van der Waals surface area (Å²) in [6.07, 6.45) is 1.36. The number of nitrogens with zero attached hydrogens (tertiary/aromatic N) is 5. The van der Waals surface area contributed by atoms with Crippen LogP contribution in [0, 0.1) is 17.7 Å². The number of rotatable bonds is 4. The van der Waals surface area contributed by atoms with Crippen molar-refractivity contribution < 1.29 is 35.9 Å². The molecule has 1 aliphatic rings. The Bertz CT molecular complexity index is 1500. The highest BCUT2D eigenvalue weighted by molar-refractivity contribution is 7.90. The van der Waals surface area contributed by atoms with E-state index in [0.29, 0.717) is 31.3 Å². The third-order valence-corrected chi connectivity index (χ3v) is 6.81. The fourth-order valence-corrected chi connectivity index (χ4v) is 4.64. The van der Waals surface area contributed by atoms with Crippen LogP contribution in [-0.2, 0) is 10.0 Å². The number of hydrogen-bond acceptors (Lipinski definition) is 7. The summed E-state index contributed by atoms with van der Waals surface area (Å²) in [7, 11) is -5.75. The van der Waals surface area contributed by atoms with E-state index in [2.05, 4.69) is 32.1 Å². The van der Waals surface area contributed by atoms with Crippen molar-refractivity contribution in [3.8, 4) is 11.8 Å². The van der Waals surface area contributed by atoms with Crippen molar-refractivity contribution in [1.82, 2.24) is 24.2 Å². The predicted octanol–water partition coefficient (Wildman–Crippen LogP) is 3.01. The fourth-order valence-electron chi connectivity index (χ4n) is 3.89. The van der Waals surface area contributed by atoms with Crippen molar-refractivity contribution in [3.63, 3.8) is 0 Å². The van der Waals surface area contributed by atoms with Crippen LogP contribution in [0.2, 0.25) is 0 Å². The smallest absolute Gasteiger partial charge is 0.465 e. The molecule has 1 fully saturated rings. The predicted molar refractivity (Wildman–Crippen MR) is 119 cm³/mol. The molecule has 1 aliphatic heterocycles. The van der Waals surface area contributed by atoms with Crippen LogP contribution in [0.25, 0.3) is 11.2 Å². The highest BCUT2D eigenvalue weighted by Gasteiger charge is 2.48. The van der Waals surface area contributed by atoms with E-state index in [-0.39, 0.29) is 21.0 Å². The summed E-state index contributed by atoms with van der Waals surface area (Å²) in [6.45, 7) is 1.91. The summed E-state index contributed by atoms with van der Waals surface area (Å²) in [5.74, 6) is 4.95. The Morgan fingerprint density at radius 3 is 2.75 bits per heavy atom. The van der Waals surface area contributed by atoms with Crippen LogP contribution in [0.1, 0.15) is 37.1 Å². The number of carbonyl (C=O) groups is 1. The second kappa shape index (κ2) is 9.26. The number of imidazole rings is 1. The van der Waals surface area contributed by atoms with E-state index >= 15 is 0 Å². The van der Waals surface area contributed by atoms with E-state index in [9.17, 15) is 30.8 Å². The van der Waals surface area contributed by atoms with Crippen LogP contribution in [0.15, 0.2) is 30.7 Å². The molecule has 2 N–H and O–H groups in total.